The number of rotatable bonds is 8. The number of anilines is 1. The standard InChI is InChI=1S/C27H33N3O3S/c1-5-33-16-8-15-28-26(32)25-24-21-9-6-7-10-22(21)29(4)27(24)34-17-23(31)30(25)20-13-11-19(12-14-20)18(2)3/h6-7,9-14,18,25H,5,8,15-17H2,1-4H3,(H,28,32). The van der Waals surface area contributed by atoms with Gasteiger partial charge in [-0.1, -0.05) is 55.9 Å². The lowest BCUT2D eigenvalue weighted by molar-refractivity contribution is -0.125. The smallest absolute Gasteiger partial charge is 0.247 e. The lowest BCUT2D eigenvalue weighted by atomic mass is 10.00. The highest BCUT2D eigenvalue weighted by Gasteiger charge is 2.39. The summed E-state index contributed by atoms with van der Waals surface area (Å²) in [4.78, 5) is 28.9. The fourth-order valence-corrected chi connectivity index (χ4v) is 5.57. The molecule has 2 heterocycles. The number of nitrogens with zero attached hydrogens (tertiary/aromatic N) is 2. The number of carbonyl (C=O) groups is 2. The summed E-state index contributed by atoms with van der Waals surface area (Å²) in [7, 11) is 2.00. The van der Waals surface area contributed by atoms with E-state index in [-0.39, 0.29) is 17.6 Å². The van der Waals surface area contributed by atoms with Crippen molar-refractivity contribution in [3.05, 3.63) is 59.7 Å². The topological polar surface area (TPSA) is 63.6 Å². The molecular weight excluding hydrogens is 446 g/mol. The molecule has 34 heavy (non-hydrogen) atoms. The van der Waals surface area contributed by atoms with Gasteiger partial charge in [-0.05, 0) is 43.0 Å². The number of thioether (sulfide) groups is 1. The van der Waals surface area contributed by atoms with Crippen LogP contribution in [0.2, 0.25) is 0 Å². The number of hydrogen-bond donors (Lipinski definition) is 1. The third kappa shape index (κ3) is 4.72. The zero-order valence-corrected chi connectivity index (χ0v) is 21.2. The maximum absolute atomic E-state index is 13.7. The maximum Gasteiger partial charge on any atom is 0.247 e. The van der Waals surface area contributed by atoms with E-state index in [1.54, 1.807) is 4.90 Å². The Morgan fingerprint density at radius 1 is 1.18 bits per heavy atom. The lowest BCUT2D eigenvalue weighted by Crippen LogP contribution is -2.44. The Morgan fingerprint density at radius 3 is 2.62 bits per heavy atom. The Morgan fingerprint density at radius 2 is 1.91 bits per heavy atom. The number of ether oxygens (including phenoxy) is 1. The van der Waals surface area contributed by atoms with E-state index in [9.17, 15) is 9.59 Å². The molecule has 0 bridgehead atoms. The van der Waals surface area contributed by atoms with Crippen molar-refractivity contribution in [2.75, 3.05) is 30.4 Å². The molecule has 1 aromatic heterocycles. The normalized spacial score (nSPS) is 16.1. The summed E-state index contributed by atoms with van der Waals surface area (Å²) in [6.07, 6.45) is 0.723. The van der Waals surface area contributed by atoms with Gasteiger partial charge in [-0.3, -0.25) is 14.5 Å². The van der Waals surface area contributed by atoms with Crippen molar-refractivity contribution in [3.8, 4) is 0 Å². The molecule has 180 valence electrons. The summed E-state index contributed by atoms with van der Waals surface area (Å²) in [6.45, 7) is 7.99. The van der Waals surface area contributed by atoms with E-state index in [2.05, 4.69) is 29.8 Å². The van der Waals surface area contributed by atoms with Crippen molar-refractivity contribution in [2.45, 2.75) is 44.2 Å². The molecule has 6 nitrogen and oxygen atoms in total. The van der Waals surface area contributed by atoms with Crippen molar-refractivity contribution >= 4 is 40.2 Å². The highest BCUT2D eigenvalue weighted by atomic mass is 32.2. The van der Waals surface area contributed by atoms with E-state index >= 15 is 0 Å². The molecule has 1 unspecified atom stereocenters. The first-order valence-electron chi connectivity index (χ1n) is 11.9. The van der Waals surface area contributed by atoms with Gasteiger partial charge in [-0.25, -0.2) is 0 Å². The first-order chi connectivity index (χ1) is 16.4. The molecule has 0 fully saturated rings. The molecule has 0 saturated carbocycles. The first-order valence-corrected chi connectivity index (χ1v) is 12.9. The Labute approximate surface area is 205 Å². The molecule has 1 aliphatic heterocycles. The second kappa shape index (κ2) is 10.7. The Bertz CT molecular complexity index is 1170. The maximum atomic E-state index is 13.7. The molecule has 0 radical (unpaired) electrons. The van der Waals surface area contributed by atoms with Gasteiger partial charge in [0.2, 0.25) is 11.8 Å². The first kappa shape index (κ1) is 24.4. The highest BCUT2D eigenvalue weighted by molar-refractivity contribution is 8.00. The molecule has 0 spiro atoms. The average molecular weight is 480 g/mol. The summed E-state index contributed by atoms with van der Waals surface area (Å²) in [5.74, 6) is 0.422. The van der Waals surface area contributed by atoms with Crippen LogP contribution in [0, 0.1) is 0 Å². The minimum absolute atomic E-state index is 0.0722. The van der Waals surface area contributed by atoms with E-state index < -0.39 is 6.04 Å². The fourth-order valence-electron chi connectivity index (χ4n) is 4.50. The van der Waals surface area contributed by atoms with Gasteiger partial charge in [0.25, 0.3) is 0 Å². The van der Waals surface area contributed by atoms with Gasteiger partial charge in [0, 0.05) is 49.0 Å². The molecule has 0 aliphatic carbocycles. The summed E-state index contributed by atoms with van der Waals surface area (Å²) in [5, 5.41) is 5.04. The zero-order chi connectivity index (χ0) is 24.2. The van der Waals surface area contributed by atoms with Crippen LogP contribution in [-0.2, 0) is 21.4 Å². The van der Waals surface area contributed by atoms with Gasteiger partial charge in [0.1, 0.15) is 6.04 Å². The molecule has 1 aliphatic rings. The molecule has 3 aromatic rings. The van der Waals surface area contributed by atoms with E-state index in [0.29, 0.717) is 25.7 Å². The number of fused-ring (bicyclic) bond motifs is 3. The van der Waals surface area contributed by atoms with E-state index in [1.807, 2.05) is 56.4 Å². The number of hydrogen-bond acceptors (Lipinski definition) is 4. The number of carbonyl (C=O) groups excluding carboxylic acids is 2. The van der Waals surface area contributed by atoms with Crippen LogP contribution in [0.5, 0.6) is 0 Å². The fraction of sp³-hybridized carbons (Fsp3) is 0.407. The van der Waals surface area contributed by atoms with Gasteiger partial charge < -0.3 is 14.6 Å². The molecule has 1 N–H and O–H groups in total. The van der Waals surface area contributed by atoms with Crippen molar-refractivity contribution in [2.24, 2.45) is 7.05 Å². The molecule has 7 heteroatoms. The highest BCUT2D eigenvalue weighted by Crippen LogP contribution is 2.43. The van der Waals surface area contributed by atoms with E-state index in [4.69, 9.17) is 4.74 Å². The Balaban J connectivity index is 1.79. The quantitative estimate of drug-likeness (QED) is 0.461. The molecule has 1 atom stereocenters. The van der Waals surface area contributed by atoms with Crippen LogP contribution in [-0.4, -0.2) is 41.9 Å². The Hall–Kier alpha value is -2.77. The minimum atomic E-state index is -0.749. The lowest BCUT2D eigenvalue weighted by Gasteiger charge is -2.30. The summed E-state index contributed by atoms with van der Waals surface area (Å²) >= 11 is 1.50. The molecule has 2 amide bonds. The van der Waals surface area contributed by atoms with Gasteiger partial charge in [-0.15, -0.1) is 0 Å². The average Bonchev–Trinajstić information content (AvgIpc) is 3.01. The van der Waals surface area contributed by atoms with Gasteiger partial charge in [0.15, 0.2) is 0 Å². The molecular formula is C27H33N3O3S. The third-order valence-corrected chi connectivity index (χ3v) is 7.44. The van der Waals surface area contributed by atoms with Crippen LogP contribution >= 0.6 is 11.8 Å². The number of para-hydroxylation sites is 1. The van der Waals surface area contributed by atoms with Crippen LogP contribution < -0.4 is 10.2 Å². The van der Waals surface area contributed by atoms with Gasteiger partial charge in [-0.2, -0.15) is 0 Å². The monoisotopic (exact) mass is 479 g/mol. The SMILES string of the molecule is CCOCCCNC(=O)C1c2c(n(C)c3ccccc23)SCC(=O)N1c1ccc(C(C)C)cc1. The van der Waals surface area contributed by atoms with Crippen LogP contribution in [0.4, 0.5) is 5.69 Å². The third-order valence-electron chi connectivity index (χ3n) is 6.28. The zero-order valence-electron chi connectivity index (χ0n) is 20.3. The number of aryl methyl sites for hydroxylation is 1. The number of nitrogens with one attached hydrogen (secondary N) is 1. The van der Waals surface area contributed by atoms with Crippen LogP contribution in [0.1, 0.15) is 50.3 Å². The Kier molecular flexibility index (Phi) is 7.63. The molecule has 4 rings (SSSR count). The predicted octanol–water partition coefficient (Wildman–Crippen LogP) is 5.02. The number of benzene rings is 2. The number of aromatic nitrogens is 1. The summed E-state index contributed by atoms with van der Waals surface area (Å²) in [6, 6.07) is 15.4. The summed E-state index contributed by atoms with van der Waals surface area (Å²) < 4.78 is 7.51. The van der Waals surface area contributed by atoms with E-state index in [1.165, 1.54) is 17.3 Å². The second-order valence-corrected chi connectivity index (χ2v) is 9.80. The van der Waals surface area contributed by atoms with Gasteiger partial charge >= 0.3 is 0 Å². The molecule has 2 aromatic carbocycles. The minimum Gasteiger partial charge on any atom is -0.382 e. The van der Waals surface area contributed by atoms with Gasteiger partial charge in [0.05, 0.1) is 10.8 Å². The van der Waals surface area contributed by atoms with Crippen molar-refractivity contribution in [3.63, 3.8) is 0 Å². The van der Waals surface area contributed by atoms with Crippen molar-refractivity contribution in [1.82, 2.24) is 9.88 Å². The summed E-state index contributed by atoms with van der Waals surface area (Å²) in [5.41, 5.74) is 3.89. The van der Waals surface area contributed by atoms with Crippen LogP contribution in [0.3, 0.4) is 0 Å². The molecule has 0 saturated heterocycles. The van der Waals surface area contributed by atoms with Crippen LogP contribution in [0.15, 0.2) is 53.6 Å². The van der Waals surface area contributed by atoms with Crippen molar-refractivity contribution < 1.29 is 14.3 Å². The van der Waals surface area contributed by atoms with E-state index in [0.717, 1.165) is 33.6 Å². The largest absolute Gasteiger partial charge is 0.382 e. The van der Waals surface area contributed by atoms with Crippen molar-refractivity contribution in [1.29, 1.82) is 0 Å². The van der Waals surface area contributed by atoms with Crippen LogP contribution in [0.25, 0.3) is 10.9 Å². The second-order valence-electron chi connectivity index (χ2n) is 8.84. The number of amides is 2. The predicted molar refractivity (Wildman–Crippen MR) is 139 cm³/mol.